The second-order valence-electron chi connectivity index (χ2n) is 7.27. The first-order chi connectivity index (χ1) is 13.2. The molecule has 3 N–H and O–H groups in total. The molecule has 2 aromatic rings. The first-order valence-corrected chi connectivity index (χ1v) is 9.50. The zero-order chi connectivity index (χ0) is 18.6. The Bertz CT molecular complexity index is 764. The maximum Gasteiger partial charge on any atom is 0.320 e. The van der Waals surface area contributed by atoms with E-state index >= 15 is 0 Å². The minimum Gasteiger partial charge on any atom is -0.369 e. The third kappa shape index (κ3) is 4.89. The number of hydrogen-bond acceptors (Lipinski definition) is 5. The standard InChI is InChI=1S/C20H26N6O/c1-25-10-12-26(13-11-25)18-7-4-15(5-8-18)22-17-6-9-19(21-14-17)24-20(27)23-16-2-3-16/h4-9,14,16,22H,2-3,10-13H2,1H3,(H2,21,23,24,27). The van der Waals surface area contributed by atoms with E-state index in [1.807, 2.05) is 6.07 Å². The zero-order valence-corrected chi connectivity index (χ0v) is 15.6. The summed E-state index contributed by atoms with van der Waals surface area (Å²) in [6, 6.07) is 12.3. The third-order valence-corrected chi connectivity index (χ3v) is 4.94. The molecule has 142 valence electrons. The van der Waals surface area contributed by atoms with Crippen LogP contribution in [0.15, 0.2) is 42.6 Å². The number of urea groups is 1. The van der Waals surface area contributed by atoms with Crippen molar-refractivity contribution in [3.8, 4) is 0 Å². The minimum atomic E-state index is -0.190. The fourth-order valence-corrected chi connectivity index (χ4v) is 3.09. The maximum atomic E-state index is 11.7. The molecule has 2 heterocycles. The van der Waals surface area contributed by atoms with E-state index in [0.29, 0.717) is 11.9 Å². The predicted molar refractivity (Wildman–Crippen MR) is 109 cm³/mol. The van der Waals surface area contributed by atoms with Gasteiger partial charge in [0.2, 0.25) is 0 Å². The van der Waals surface area contributed by atoms with E-state index in [1.54, 1.807) is 12.3 Å². The molecule has 0 atom stereocenters. The number of carbonyl (C=O) groups excluding carboxylic acids is 1. The molecule has 1 aliphatic carbocycles. The lowest BCUT2D eigenvalue weighted by atomic mass is 10.2. The van der Waals surface area contributed by atoms with Gasteiger partial charge in [0.05, 0.1) is 11.9 Å². The number of anilines is 4. The Hall–Kier alpha value is -2.80. The van der Waals surface area contributed by atoms with Crippen LogP contribution in [0, 0.1) is 0 Å². The van der Waals surface area contributed by atoms with Crippen molar-refractivity contribution in [1.29, 1.82) is 0 Å². The van der Waals surface area contributed by atoms with E-state index in [2.05, 4.69) is 62.0 Å². The average molecular weight is 366 g/mol. The van der Waals surface area contributed by atoms with Crippen molar-refractivity contribution < 1.29 is 4.79 Å². The Morgan fingerprint density at radius 3 is 2.33 bits per heavy atom. The zero-order valence-electron chi connectivity index (χ0n) is 15.6. The molecule has 0 unspecified atom stereocenters. The highest BCUT2D eigenvalue weighted by Crippen LogP contribution is 2.22. The van der Waals surface area contributed by atoms with E-state index in [4.69, 9.17) is 0 Å². The summed E-state index contributed by atoms with van der Waals surface area (Å²) in [6.07, 6.45) is 3.86. The molecule has 1 saturated heterocycles. The van der Waals surface area contributed by atoms with Gasteiger partial charge in [0, 0.05) is 43.6 Å². The summed E-state index contributed by atoms with van der Waals surface area (Å²) in [5.74, 6) is 0.545. The summed E-state index contributed by atoms with van der Waals surface area (Å²) >= 11 is 0. The van der Waals surface area contributed by atoms with E-state index in [9.17, 15) is 4.79 Å². The van der Waals surface area contributed by atoms with Gasteiger partial charge in [0.1, 0.15) is 5.82 Å². The molecular formula is C20H26N6O. The second kappa shape index (κ2) is 7.84. The molecule has 27 heavy (non-hydrogen) atoms. The Morgan fingerprint density at radius 1 is 1.00 bits per heavy atom. The molecule has 7 nitrogen and oxygen atoms in total. The van der Waals surface area contributed by atoms with Crippen LogP contribution >= 0.6 is 0 Å². The highest BCUT2D eigenvalue weighted by atomic mass is 16.2. The summed E-state index contributed by atoms with van der Waals surface area (Å²) in [5, 5.41) is 8.98. The summed E-state index contributed by atoms with van der Waals surface area (Å²) in [4.78, 5) is 20.8. The Balaban J connectivity index is 1.31. The molecule has 0 spiro atoms. The summed E-state index contributed by atoms with van der Waals surface area (Å²) in [7, 11) is 2.17. The number of rotatable bonds is 5. The quantitative estimate of drug-likeness (QED) is 0.759. The Labute approximate surface area is 159 Å². The monoisotopic (exact) mass is 366 g/mol. The summed E-state index contributed by atoms with van der Waals surface area (Å²) in [5.41, 5.74) is 3.16. The van der Waals surface area contributed by atoms with E-state index in [-0.39, 0.29) is 6.03 Å². The molecule has 7 heteroatoms. The fourth-order valence-electron chi connectivity index (χ4n) is 3.09. The fraction of sp³-hybridized carbons (Fsp3) is 0.400. The van der Waals surface area contributed by atoms with Gasteiger partial charge in [-0.1, -0.05) is 0 Å². The highest BCUT2D eigenvalue weighted by Gasteiger charge is 2.23. The van der Waals surface area contributed by atoms with Gasteiger partial charge in [-0.3, -0.25) is 5.32 Å². The van der Waals surface area contributed by atoms with Crippen molar-refractivity contribution in [2.75, 3.05) is 48.8 Å². The van der Waals surface area contributed by atoms with Crippen LogP contribution in [0.25, 0.3) is 0 Å². The lowest BCUT2D eigenvalue weighted by Gasteiger charge is -2.34. The van der Waals surface area contributed by atoms with Gasteiger partial charge in [-0.25, -0.2) is 9.78 Å². The van der Waals surface area contributed by atoms with Crippen LogP contribution in [-0.4, -0.2) is 55.2 Å². The van der Waals surface area contributed by atoms with Gasteiger partial charge in [0.15, 0.2) is 0 Å². The third-order valence-electron chi connectivity index (χ3n) is 4.94. The van der Waals surface area contributed by atoms with Crippen LogP contribution in [-0.2, 0) is 0 Å². The van der Waals surface area contributed by atoms with Crippen molar-refractivity contribution in [1.82, 2.24) is 15.2 Å². The van der Waals surface area contributed by atoms with E-state index in [0.717, 1.165) is 50.4 Å². The van der Waals surface area contributed by atoms with Gasteiger partial charge in [-0.2, -0.15) is 0 Å². The molecular weight excluding hydrogens is 340 g/mol. The Morgan fingerprint density at radius 2 is 1.70 bits per heavy atom. The number of nitrogens with zero attached hydrogens (tertiary/aromatic N) is 3. The first kappa shape index (κ1) is 17.6. The number of benzene rings is 1. The number of carbonyl (C=O) groups is 1. The van der Waals surface area contributed by atoms with Crippen molar-refractivity contribution in [2.24, 2.45) is 0 Å². The number of piperazine rings is 1. The average Bonchev–Trinajstić information content (AvgIpc) is 3.49. The van der Waals surface area contributed by atoms with Crippen LogP contribution in [0.5, 0.6) is 0 Å². The SMILES string of the molecule is CN1CCN(c2ccc(Nc3ccc(NC(=O)NC4CC4)nc3)cc2)CC1. The molecule has 1 aliphatic heterocycles. The van der Waals surface area contributed by atoms with Crippen molar-refractivity contribution in [3.05, 3.63) is 42.6 Å². The van der Waals surface area contributed by atoms with E-state index < -0.39 is 0 Å². The molecule has 0 radical (unpaired) electrons. The topological polar surface area (TPSA) is 72.5 Å². The molecule has 0 bridgehead atoms. The number of likely N-dealkylation sites (N-methyl/N-ethyl adjacent to an activating group) is 1. The molecule has 2 aliphatic rings. The normalized spacial score (nSPS) is 17.4. The number of hydrogen-bond donors (Lipinski definition) is 3. The number of aromatic nitrogens is 1. The molecule has 2 fully saturated rings. The summed E-state index contributed by atoms with van der Waals surface area (Å²) < 4.78 is 0. The molecule has 1 aromatic heterocycles. The highest BCUT2D eigenvalue weighted by molar-refractivity contribution is 5.88. The lowest BCUT2D eigenvalue weighted by Crippen LogP contribution is -2.44. The van der Waals surface area contributed by atoms with Crippen LogP contribution in [0.1, 0.15) is 12.8 Å². The van der Waals surface area contributed by atoms with Crippen molar-refractivity contribution >= 4 is 28.9 Å². The van der Waals surface area contributed by atoms with Crippen molar-refractivity contribution in [2.45, 2.75) is 18.9 Å². The van der Waals surface area contributed by atoms with Crippen LogP contribution in [0.2, 0.25) is 0 Å². The molecule has 4 rings (SSSR count). The number of amides is 2. The second-order valence-corrected chi connectivity index (χ2v) is 7.27. The number of nitrogens with one attached hydrogen (secondary N) is 3. The summed E-state index contributed by atoms with van der Waals surface area (Å²) in [6.45, 7) is 4.33. The van der Waals surface area contributed by atoms with Crippen LogP contribution in [0.3, 0.4) is 0 Å². The lowest BCUT2D eigenvalue weighted by molar-refractivity contribution is 0.251. The predicted octanol–water partition coefficient (Wildman–Crippen LogP) is 2.86. The Kier molecular flexibility index (Phi) is 5.11. The van der Waals surface area contributed by atoms with Gasteiger partial charge in [-0.05, 0) is 56.3 Å². The number of pyridine rings is 1. The van der Waals surface area contributed by atoms with Gasteiger partial charge in [0.25, 0.3) is 0 Å². The largest absolute Gasteiger partial charge is 0.369 e. The first-order valence-electron chi connectivity index (χ1n) is 9.50. The van der Waals surface area contributed by atoms with Gasteiger partial charge < -0.3 is 20.4 Å². The van der Waals surface area contributed by atoms with Gasteiger partial charge in [-0.15, -0.1) is 0 Å². The minimum absolute atomic E-state index is 0.190. The van der Waals surface area contributed by atoms with Crippen molar-refractivity contribution in [3.63, 3.8) is 0 Å². The van der Waals surface area contributed by atoms with E-state index in [1.165, 1.54) is 5.69 Å². The molecule has 1 aromatic carbocycles. The van der Waals surface area contributed by atoms with Gasteiger partial charge >= 0.3 is 6.03 Å². The molecule has 2 amide bonds. The smallest absolute Gasteiger partial charge is 0.320 e. The van der Waals surface area contributed by atoms with Crippen LogP contribution < -0.4 is 20.9 Å². The van der Waals surface area contributed by atoms with Crippen LogP contribution in [0.4, 0.5) is 27.7 Å². The molecule has 1 saturated carbocycles. The maximum absolute atomic E-state index is 11.7.